The van der Waals surface area contributed by atoms with Crippen LogP contribution in [0.5, 0.6) is 5.75 Å². The third-order valence-corrected chi connectivity index (χ3v) is 1.99. The van der Waals surface area contributed by atoms with Crippen LogP contribution in [0.15, 0.2) is 18.2 Å². The summed E-state index contributed by atoms with van der Waals surface area (Å²) in [5.74, 6) is 0.213. The number of hydrogen-bond acceptors (Lipinski definition) is 2. The highest BCUT2D eigenvalue weighted by Crippen LogP contribution is 2.20. The standard InChI is InChI=1S/C8H11NO2S/c1-6-3-4-7(5-8(6)10)9-12(2)11/h3-5,9-10H,1-2H3. The van der Waals surface area contributed by atoms with Gasteiger partial charge < -0.3 is 9.83 Å². The van der Waals surface area contributed by atoms with Crippen molar-refractivity contribution in [3.63, 3.8) is 0 Å². The monoisotopic (exact) mass is 185 g/mol. The Morgan fingerprint density at radius 2 is 2.17 bits per heavy atom. The Labute approximate surface area is 74.0 Å². The van der Waals surface area contributed by atoms with Gasteiger partial charge >= 0.3 is 0 Å². The van der Waals surface area contributed by atoms with Gasteiger partial charge in [-0.25, -0.2) is 4.21 Å². The Bertz CT molecular complexity index is 312. The van der Waals surface area contributed by atoms with Crippen molar-refractivity contribution in [1.82, 2.24) is 0 Å². The molecule has 1 aromatic rings. The smallest absolute Gasteiger partial charge is 0.120 e. The van der Waals surface area contributed by atoms with E-state index in [2.05, 4.69) is 4.72 Å². The van der Waals surface area contributed by atoms with E-state index in [1.807, 2.05) is 6.92 Å². The van der Waals surface area contributed by atoms with Crippen LogP contribution in [-0.4, -0.2) is 15.6 Å². The minimum atomic E-state index is -1.09. The zero-order valence-corrected chi connectivity index (χ0v) is 7.81. The summed E-state index contributed by atoms with van der Waals surface area (Å²) in [4.78, 5) is 0. The maximum atomic E-state index is 10.7. The van der Waals surface area contributed by atoms with Gasteiger partial charge in [0.05, 0.1) is 0 Å². The third kappa shape index (κ3) is 2.23. The molecule has 2 N–H and O–H groups in total. The Balaban J connectivity index is 2.89. The first-order valence-corrected chi connectivity index (χ1v) is 5.05. The van der Waals surface area contributed by atoms with E-state index in [0.717, 1.165) is 5.56 Å². The number of rotatable bonds is 2. The molecular weight excluding hydrogens is 174 g/mol. The summed E-state index contributed by atoms with van der Waals surface area (Å²) in [6.45, 7) is 1.81. The molecule has 1 atom stereocenters. The summed E-state index contributed by atoms with van der Waals surface area (Å²) in [7, 11) is -1.09. The zero-order chi connectivity index (χ0) is 9.14. The molecule has 4 heteroatoms. The average molecular weight is 185 g/mol. The lowest BCUT2D eigenvalue weighted by molar-refractivity contribution is 0.471. The van der Waals surface area contributed by atoms with E-state index in [1.54, 1.807) is 18.2 Å². The van der Waals surface area contributed by atoms with Crippen molar-refractivity contribution in [3.8, 4) is 5.75 Å². The number of aryl methyl sites for hydroxylation is 1. The number of phenolic OH excluding ortho intramolecular Hbond substituents is 1. The normalized spacial score (nSPS) is 12.5. The van der Waals surface area contributed by atoms with Gasteiger partial charge in [-0.15, -0.1) is 0 Å². The minimum absolute atomic E-state index is 0.213. The molecule has 1 aromatic carbocycles. The van der Waals surface area contributed by atoms with Gasteiger partial charge in [-0.05, 0) is 18.6 Å². The lowest BCUT2D eigenvalue weighted by Gasteiger charge is -2.03. The molecule has 12 heavy (non-hydrogen) atoms. The predicted molar refractivity (Wildman–Crippen MR) is 50.5 cm³/mol. The fraction of sp³-hybridized carbons (Fsp3) is 0.250. The Morgan fingerprint density at radius 1 is 1.50 bits per heavy atom. The molecule has 0 spiro atoms. The molecule has 0 aliphatic carbocycles. The number of hydrogen-bond donors (Lipinski definition) is 2. The average Bonchev–Trinajstić information content (AvgIpc) is 1.96. The molecule has 0 fully saturated rings. The second kappa shape index (κ2) is 3.58. The van der Waals surface area contributed by atoms with Gasteiger partial charge in [0.15, 0.2) is 0 Å². The van der Waals surface area contributed by atoms with Gasteiger partial charge in [0.25, 0.3) is 0 Å². The molecule has 3 nitrogen and oxygen atoms in total. The first-order valence-electron chi connectivity index (χ1n) is 3.49. The van der Waals surface area contributed by atoms with Crippen LogP contribution in [0.1, 0.15) is 5.56 Å². The minimum Gasteiger partial charge on any atom is -0.508 e. The van der Waals surface area contributed by atoms with Crippen LogP contribution in [0.4, 0.5) is 5.69 Å². The van der Waals surface area contributed by atoms with Crippen LogP contribution in [0.3, 0.4) is 0 Å². The molecule has 1 unspecified atom stereocenters. The van der Waals surface area contributed by atoms with E-state index in [0.29, 0.717) is 5.69 Å². The summed E-state index contributed by atoms with van der Waals surface area (Å²) in [5.41, 5.74) is 1.47. The van der Waals surface area contributed by atoms with Gasteiger partial charge in [0.2, 0.25) is 0 Å². The molecule has 0 aliphatic heterocycles. The van der Waals surface area contributed by atoms with Crippen LogP contribution in [0, 0.1) is 6.92 Å². The molecule has 0 amide bonds. The van der Waals surface area contributed by atoms with E-state index in [9.17, 15) is 9.32 Å². The van der Waals surface area contributed by atoms with Crippen LogP contribution in [0.25, 0.3) is 0 Å². The van der Waals surface area contributed by atoms with Gasteiger partial charge in [0.1, 0.15) is 16.7 Å². The van der Waals surface area contributed by atoms with E-state index >= 15 is 0 Å². The van der Waals surface area contributed by atoms with Crippen molar-refractivity contribution in [3.05, 3.63) is 23.8 Å². The van der Waals surface area contributed by atoms with Crippen molar-refractivity contribution in [1.29, 1.82) is 0 Å². The first-order chi connectivity index (χ1) is 5.59. The van der Waals surface area contributed by atoms with Gasteiger partial charge in [-0.1, -0.05) is 6.07 Å². The first kappa shape index (κ1) is 9.06. The van der Waals surface area contributed by atoms with Gasteiger partial charge in [0, 0.05) is 18.0 Å². The van der Waals surface area contributed by atoms with Crippen LogP contribution in [0.2, 0.25) is 0 Å². The summed E-state index contributed by atoms with van der Waals surface area (Å²) in [6, 6.07) is 5.09. The second-order valence-corrected chi connectivity index (χ2v) is 3.67. The van der Waals surface area contributed by atoms with Gasteiger partial charge in [-0.3, -0.25) is 0 Å². The zero-order valence-electron chi connectivity index (χ0n) is 7.00. The third-order valence-electron chi connectivity index (χ3n) is 1.47. The highest BCUT2D eigenvalue weighted by Gasteiger charge is 1.98. The van der Waals surface area contributed by atoms with Crippen molar-refractivity contribution >= 4 is 16.7 Å². The molecule has 0 saturated carbocycles. The molecule has 66 valence electrons. The van der Waals surface area contributed by atoms with E-state index in [1.165, 1.54) is 6.26 Å². The van der Waals surface area contributed by atoms with Crippen LogP contribution >= 0.6 is 0 Å². The molecule has 0 saturated heterocycles. The largest absolute Gasteiger partial charge is 0.508 e. The van der Waals surface area contributed by atoms with Crippen molar-refractivity contribution in [2.75, 3.05) is 11.0 Å². The number of anilines is 1. The SMILES string of the molecule is Cc1ccc(NS(C)=O)cc1O. The molecule has 0 aliphatic rings. The quantitative estimate of drug-likeness (QED) is 0.731. The van der Waals surface area contributed by atoms with Crippen molar-refractivity contribution in [2.45, 2.75) is 6.92 Å². The maximum absolute atomic E-state index is 10.7. The number of phenols is 1. The van der Waals surface area contributed by atoms with E-state index in [-0.39, 0.29) is 5.75 Å². The lowest BCUT2D eigenvalue weighted by Crippen LogP contribution is -2.00. The summed E-state index contributed by atoms with van der Waals surface area (Å²) >= 11 is 0. The summed E-state index contributed by atoms with van der Waals surface area (Å²) in [5, 5.41) is 9.27. The Kier molecular flexibility index (Phi) is 2.70. The highest BCUT2D eigenvalue weighted by molar-refractivity contribution is 7.85. The number of nitrogens with one attached hydrogen (secondary N) is 1. The molecule has 0 bridgehead atoms. The number of benzene rings is 1. The van der Waals surface area contributed by atoms with Crippen LogP contribution in [-0.2, 0) is 11.0 Å². The van der Waals surface area contributed by atoms with E-state index in [4.69, 9.17) is 0 Å². The lowest BCUT2D eigenvalue weighted by atomic mass is 10.2. The van der Waals surface area contributed by atoms with E-state index < -0.39 is 11.0 Å². The van der Waals surface area contributed by atoms with Crippen molar-refractivity contribution in [2.24, 2.45) is 0 Å². The fourth-order valence-corrected chi connectivity index (χ4v) is 1.30. The maximum Gasteiger partial charge on any atom is 0.120 e. The van der Waals surface area contributed by atoms with Crippen LogP contribution < -0.4 is 4.72 Å². The summed E-state index contributed by atoms with van der Waals surface area (Å²) in [6.07, 6.45) is 1.54. The topological polar surface area (TPSA) is 49.3 Å². The molecule has 1 rings (SSSR count). The second-order valence-electron chi connectivity index (χ2n) is 2.56. The molecular formula is C8H11NO2S. The fourth-order valence-electron chi connectivity index (χ4n) is 0.839. The Hall–Kier alpha value is -1.03. The van der Waals surface area contributed by atoms with Crippen molar-refractivity contribution < 1.29 is 9.32 Å². The highest BCUT2D eigenvalue weighted by atomic mass is 32.2. The van der Waals surface area contributed by atoms with Gasteiger partial charge in [-0.2, -0.15) is 0 Å². The molecule has 0 aromatic heterocycles. The summed E-state index contributed by atoms with van der Waals surface area (Å²) < 4.78 is 13.4. The number of aromatic hydroxyl groups is 1. The molecule has 0 heterocycles. The molecule has 0 radical (unpaired) electrons. The Morgan fingerprint density at radius 3 is 2.67 bits per heavy atom. The predicted octanol–water partition coefficient (Wildman–Crippen LogP) is 1.41.